The molecule has 54 valence electrons. The maximum absolute atomic E-state index is 10.3. The van der Waals surface area contributed by atoms with Crippen LogP contribution in [-0.4, -0.2) is 22.2 Å². The molecule has 4 nitrogen and oxygen atoms in total. The van der Waals surface area contributed by atoms with E-state index in [1.54, 1.807) is 0 Å². The minimum absolute atomic E-state index is 0.0949. The van der Waals surface area contributed by atoms with Crippen molar-refractivity contribution in [3.8, 4) is 0 Å². The van der Waals surface area contributed by atoms with Crippen LogP contribution in [0.5, 0.6) is 0 Å². The van der Waals surface area contributed by atoms with Crippen LogP contribution in [0.25, 0.3) is 0 Å². The Hall–Kier alpha value is -1.32. The third-order valence-electron chi connectivity index (χ3n) is 1.61. The Morgan fingerprint density at radius 3 is 1.70 bits per heavy atom. The fourth-order valence-electron chi connectivity index (χ4n) is 0.762. The molecule has 1 aliphatic rings. The molecular weight excluding hydrogens is 136 g/mol. The van der Waals surface area contributed by atoms with Gasteiger partial charge in [0, 0.05) is 0 Å². The highest BCUT2D eigenvalue weighted by Crippen LogP contribution is 2.33. The quantitative estimate of drug-likeness (QED) is 0.423. The number of aliphatic carboxylic acids is 2. The summed E-state index contributed by atoms with van der Waals surface area (Å²) >= 11 is 0. The van der Waals surface area contributed by atoms with Crippen molar-refractivity contribution < 1.29 is 19.8 Å². The van der Waals surface area contributed by atoms with Crippen LogP contribution in [-0.2, 0) is 9.59 Å². The summed E-state index contributed by atoms with van der Waals surface area (Å²) in [4.78, 5) is 20.6. The monoisotopic (exact) mass is 142 g/mol. The third-order valence-corrected chi connectivity index (χ3v) is 1.61. The van der Waals surface area contributed by atoms with Crippen molar-refractivity contribution in [1.82, 2.24) is 0 Å². The van der Waals surface area contributed by atoms with Crippen molar-refractivity contribution in [3.63, 3.8) is 0 Å². The first-order valence-electron chi connectivity index (χ1n) is 2.74. The van der Waals surface area contributed by atoms with E-state index in [9.17, 15) is 9.59 Å². The van der Waals surface area contributed by atoms with E-state index in [2.05, 4.69) is 0 Å². The zero-order valence-electron chi connectivity index (χ0n) is 5.07. The van der Waals surface area contributed by atoms with Gasteiger partial charge in [-0.15, -0.1) is 0 Å². The molecule has 0 heterocycles. The molecule has 0 aromatic rings. The minimum atomic E-state index is -1.63. The molecule has 0 atom stereocenters. The smallest absolute Gasteiger partial charge is 0.325 e. The standard InChI is InChI=1S/C6H6O4/c7-4(8)6(5(9)10)2-1-3-6/h1-2H,3H2,(H,7,8)(H,9,10). The summed E-state index contributed by atoms with van der Waals surface area (Å²) in [7, 11) is 0. The van der Waals surface area contributed by atoms with Gasteiger partial charge in [-0.05, 0) is 6.42 Å². The summed E-state index contributed by atoms with van der Waals surface area (Å²) in [5.41, 5.74) is -1.63. The van der Waals surface area contributed by atoms with Gasteiger partial charge in [0.15, 0.2) is 5.41 Å². The van der Waals surface area contributed by atoms with E-state index < -0.39 is 17.4 Å². The summed E-state index contributed by atoms with van der Waals surface area (Å²) in [5.74, 6) is -2.58. The zero-order valence-corrected chi connectivity index (χ0v) is 5.07. The normalized spacial score (nSPS) is 19.6. The molecule has 0 bridgehead atoms. The molecule has 1 rings (SSSR count). The second kappa shape index (κ2) is 1.83. The van der Waals surface area contributed by atoms with E-state index in [-0.39, 0.29) is 6.42 Å². The largest absolute Gasteiger partial charge is 0.480 e. The van der Waals surface area contributed by atoms with E-state index in [4.69, 9.17) is 10.2 Å². The van der Waals surface area contributed by atoms with Crippen molar-refractivity contribution >= 4 is 11.9 Å². The van der Waals surface area contributed by atoms with Gasteiger partial charge in [0.2, 0.25) is 0 Å². The first-order chi connectivity index (χ1) is 4.59. The predicted octanol–water partition coefficient (Wildman–Crippen LogP) is 0.102. The van der Waals surface area contributed by atoms with Crippen LogP contribution >= 0.6 is 0 Å². The number of hydrogen-bond donors (Lipinski definition) is 2. The predicted molar refractivity (Wildman–Crippen MR) is 31.5 cm³/mol. The molecule has 0 fully saturated rings. The van der Waals surface area contributed by atoms with Crippen LogP contribution < -0.4 is 0 Å². The minimum Gasteiger partial charge on any atom is -0.480 e. The second-order valence-electron chi connectivity index (χ2n) is 2.19. The van der Waals surface area contributed by atoms with Gasteiger partial charge in [-0.3, -0.25) is 9.59 Å². The lowest BCUT2D eigenvalue weighted by molar-refractivity contribution is -0.161. The van der Waals surface area contributed by atoms with E-state index in [1.807, 2.05) is 0 Å². The Bertz CT molecular complexity index is 202. The average molecular weight is 142 g/mol. The Morgan fingerprint density at radius 1 is 1.30 bits per heavy atom. The van der Waals surface area contributed by atoms with Gasteiger partial charge in [-0.25, -0.2) is 0 Å². The first-order valence-corrected chi connectivity index (χ1v) is 2.74. The van der Waals surface area contributed by atoms with E-state index >= 15 is 0 Å². The lowest BCUT2D eigenvalue weighted by Gasteiger charge is -2.25. The van der Waals surface area contributed by atoms with Crippen molar-refractivity contribution in [2.24, 2.45) is 5.41 Å². The van der Waals surface area contributed by atoms with Gasteiger partial charge in [-0.1, -0.05) is 12.2 Å². The number of carboxylic acid groups (broad SMARTS) is 2. The molecule has 4 heteroatoms. The highest BCUT2D eigenvalue weighted by molar-refractivity contribution is 6.02. The molecule has 0 saturated carbocycles. The first kappa shape index (κ1) is 6.80. The number of rotatable bonds is 2. The fraction of sp³-hybridized carbons (Fsp3) is 0.333. The summed E-state index contributed by atoms with van der Waals surface area (Å²) in [6.07, 6.45) is 2.82. The maximum Gasteiger partial charge on any atom is 0.325 e. The summed E-state index contributed by atoms with van der Waals surface area (Å²) in [5, 5.41) is 16.8. The molecular formula is C6H6O4. The molecule has 0 aromatic carbocycles. The average Bonchev–Trinajstić information content (AvgIpc) is 1.57. The molecule has 0 amide bonds. The number of allylic oxidation sites excluding steroid dienone is 1. The molecule has 0 spiro atoms. The maximum atomic E-state index is 10.3. The molecule has 2 N–H and O–H groups in total. The molecule has 10 heavy (non-hydrogen) atoms. The molecule has 0 aromatic heterocycles. The van der Waals surface area contributed by atoms with Crippen molar-refractivity contribution in [2.75, 3.05) is 0 Å². The Labute approximate surface area is 56.8 Å². The van der Waals surface area contributed by atoms with Crippen LogP contribution in [0.4, 0.5) is 0 Å². The zero-order chi connectivity index (χ0) is 7.78. The molecule has 0 saturated heterocycles. The van der Waals surface area contributed by atoms with Crippen LogP contribution in [0.15, 0.2) is 12.2 Å². The van der Waals surface area contributed by atoms with Gasteiger partial charge in [0.1, 0.15) is 0 Å². The topological polar surface area (TPSA) is 74.6 Å². The SMILES string of the molecule is O=C(O)C1(C(=O)O)C=CC1. The van der Waals surface area contributed by atoms with Crippen LogP contribution in [0.2, 0.25) is 0 Å². The van der Waals surface area contributed by atoms with Gasteiger partial charge in [0.25, 0.3) is 0 Å². The molecule has 0 radical (unpaired) electrons. The highest BCUT2D eigenvalue weighted by Gasteiger charge is 2.47. The summed E-state index contributed by atoms with van der Waals surface area (Å²) < 4.78 is 0. The van der Waals surface area contributed by atoms with E-state index in [0.717, 1.165) is 0 Å². The summed E-state index contributed by atoms with van der Waals surface area (Å²) in [6.45, 7) is 0. The lowest BCUT2D eigenvalue weighted by Crippen LogP contribution is -2.40. The van der Waals surface area contributed by atoms with Crippen molar-refractivity contribution in [1.29, 1.82) is 0 Å². The Morgan fingerprint density at radius 2 is 1.70 bits per heavy atom. The van der Waals surface area contributed by atoms with Gasteiger partial charge < -0.3 is 10.2 Å². The third kappa shape index (κ3) is 0.618. The van der Waals surface area contributed by atoms with E-state index in [0.29, 0.717) is 0 Å². The van der Waals surface area contributed by atoms with Crippen LogP contribution in [0, 0.1) is 5.41 Å². The fourth-order valence-corrected chi connectivity index (χ4v) is 0.762. The van der Waals surface area contributed by atoms with Gasteiger partial charge >= 0.3 is 11.9 Å². The number of hydrogen-bond acceptors (Lipinski definition) is 2. The molecule has 0 aliphatic heterocycles. The summed E-state index contributed by atoms with van der Waals surface area (Å²) in [6, 6.07) is 0. The van der Waals surface area contributed by atoms with Gasteiger partial charge in [0.05, 0.1) is 0 Å². The Balaban J connectivity index is 2.91. The Kier molecular flexibility index (Phi) is 1.24. The van der Waals surface area contributed by atoms with Crippen LogP contribution in [0.3, 0.4) is 0 Å². The molecule has 0 unspecified atom stereocenters. The molecule has 1 aliphatic carbocycles. The van der Waals surface area contributed by atoms with Crippen molar-refractivity contribution in [2.45, 2.75) is 6.42 Å². The lowest BCUT2D eigenvalue weighted by atomic mass is 9.76. The second-order valence-corrected chi connectivity index (χ2v) is 2.19. The number of carbonyl (C=O) groups is 2. The van der Waals surface area contributed by atoms with Crippen molar-refractivity contribution in [3.05, 3.63) is 12.2 Å². The van der Waals surface area contributed by atoms with E-state index in [1.165, 1.54) is 12.2 Å². The highest BCUT2D eigenvalue weighted by atomic mass is 16.4. The van der Waals surface area contributed by atoms with Gasteiger partial charge in [-0.2, -0.15) is 0 Å². The van der Waals surface area contributed by atoms with Crippen LogP contribution in [0.1, 0.15) is 6.42 Å². The number of carboxylic acids is 2.